The summed E-state index contributed by atoms with van der Waals surface area (Å²) in [6, 6.07) is 9.49. The second-order valence-electron chi connectivity index (χ2n) is 8.82. The van der Waals surface area contributed by atoms with E-state index in [4.69, 9.17) is 8.92 Å². The highest BCUT2D eigenvalue weighted by Crippen LogP contribution is 2.39. The molecular weight excluding hydrogens is 643 g/mol. The van der Waals surface area contributed by atoms with Crippen LogP contribution < -0.4 is 8.92 Å². The topological polar surface area (TPSA) is 110 Å². The third kappa shape index (κ3) is 6.52. The third-order valence-corrected chi connectivity index (χ3v) is 8.95. The number of carbonyl (C=O) groups excluding carboxylic acids is 3. The number of piperidine rings is 1. The van der Waals surface area contributed by atoms with Crippen molar-refractivity contribution in [1.82, 2.24) is 9.80 Å². The summed E-state index contributed by atoms with van der Waals surface area (Å²) in [5, 5.41) is -0.504. The molecule has 0 radical (unpaired) electrons. The molecule has 0 unspecified atom stereocenters. The number of nitrogens with zero attached hydrogens (tertiary/aromatic N) is 2. The van der Waals surface area contributed by atoms with E-state index >= 15 is 0 Å². The Bertz CT molecular complexity index is 1390. The van der Waals surface area contributed by atoms with Crippen LogP contribution in [-0.4, -0.2) is 61.5 Å². The molecule has 2 aromatic carbocycles. The van der Waals surface area contributed by atoms with Gasteiger partial charge in [0.25, 0.3) is 11.1 Å². The van der Waals surface area contributed by atoms with E-state index in [1.807, 2.05) is 29.5 Å². The number of rotatable bonds is 8. The first-order valence-electron chi connectivity index (χ1n) is 12.1. The van der Waals surface area contributed by atoms with E-state index in [1.165, 1.54) is 18.2 Å². The maximum atomic E-state index is 13.0. The predicted molar refractivity (Wildman–Crippen MR) is 152 cm³/mol. The molecule has 2 heterocycles. The van der Waals surface area contributed by atoms with Gasteiger partial charge in [0.15, 0.2) is 11.5 Å². The molecule has 0 aliphatic carbocycles. The van der Waals surface area contributed by atoms with Crippen LogP contribution >= 0.6 is 34.4 Å². The minimum absolute atomic E-state index is 0.0122. The fraction of sp³-hybridized carbons (Fsp3) is 0.346. The van der Waals surface area contributed by atoms with E-state index in [-0.39, 0.29) is 40.4 Å². The average Bonchev–Trinajstić information content (AvgIpc) is 3.14. The van der Waals surface area contributed by atoms with Gasteiger partial charge in [-0.15, -0.1) is 0 Å². The van der Waals surface area contributed by atoms with Crippen molar-refractivity contribution in [3.8, 4) is 11.5 Å². The van der Waals surface area contributed by atoms with Gasteiger partial charge in [0.2, 0.25) is 5.91 Å². The number of thioether (sulfide) groups is 1. The molecule has 38 heavy (non-hydrogen) atoms. The minimum atomic E-state index is -4.12. The summed E-state index contributed by atoms with van der Waals surface area (Å²) in [7, 11) is -4.12. The molecule has 2 saturated heterocycles. The summed E-state index contributed by atoms with van der Waals surface area (Å²) < 4.78 is 37.4. The van der Waals surface area contributed by atoms with Crippen molar-refractivity contribution in [2.24, 2.45) is 0 Å². The van der Waals surface area contributed by atoms with Crippen LogP contribution in [0.4, 0.5) is 4.79 Å². The van der Waals surface area contributed by atoms with Crippen molar-refractivity contribution in [1.29, 1.82) is 0 Å². The zero-order valence-corrected chi connectivity index (χ0v) is 24.7. The molecule has 2 fully saturated rings. The van der Waals surface area contributed by atoms with Crippen molar-refractivity contribution in [3.05, 3.63) is 56.0 Å². The lowest BCUT2D eigenvalue weighted by Crippen LogP contribution is -2.44. The zero-order chi connectivity index (χ0) is 27.4. The summed E-state index contributed by atoms with van der Waals surface area (Å²) in [5.74, 6) is -0.565. The van der Waals surface area contributed by atoms with E-state index < -0.39 is 21.3 Å². The summed E-state index contributed by atoms with van der Waals surface area (Å²) >= 11 is 2.70. The monoisotopic (exact) mass is 670 g/mol. The normalized spacial score (nSPS) is 17.3. The molecule has 0 N–H and O–H groups in total. The molecule has 2 aliphatic rings. The molecule has 0 atom stereocenters. The minimum Gasteiger partial charge on any atom is -0.490 e. The highest BCUT2D eigenvalue weighted by molar-refractivity contribution is 14.1. The van der Waals surface area contributed by atoms with Crippen molar-refractivity contribution in [2.75, 3.05) is 26.2 Å². The average molecular weight is 671 g/mol. The van der Waals surface area contributed by atoms with E-state index in [9.17, 15) is 22.8 Å². The molecule has 3 amide bonds. The first kappa shape index (κ1) is 28.4. The van der Waals surface area contributed by atoms with Gasteiger partial charge in [0.05, 0.1) is 15.1 Å². The van der Waals surface area contributed by atoms with Gasteiger partial charge >= 0.3 is 10.1 Å². The molecule has 0 aromatic heterocycles. The Morgan fingerprint density at radius 3 is 2.45 bits per heavy atom. The van der Waals surface area contributed by atoms with Gasteiger partial charge in [-0.3, -0.25) is 19.3 Å². The molecule has 9 nitrogen and oxygen atoms in total. The number of benzene rings is 2. The Labute approximate surface area is 239 Å². The number of halogens is 1. The van der Waals surface area contributed by atoms with Gasteiger partial charge < -0.3 is 13.8 Å². The van der Waals surface area contributed by atoms with Crippen LogP contribution in [0.25, 0.3) is 6.08 Å². The number of hydrogen-bond acceptors (Lipinski definition) is 8. The fourth-order valence-corrected chi connectivity index (χ4v) is 6.72. The van der Waals surface area contributed by atoms with E-state index in [0.717, 1.165) is 41.5 Å². The number of ether oxygens (including phenoxy) is 1. The molecule has 4 rings (SSSR count). The Kier molecular flexibility index (Phi) is 9.04. The summed E-state index contributed by atoms with van der Waals surface area (Å²) in [6.07, 6.45) is 4.43. The van der Waals surface area contributed by atoms with Crippen molar-refractivity contribution < 1.29 is 31.7 Å². The highest BCUT2D eigenvalue weighted by atomic mass is 127. The predicted octanol–water partition coefficient (Wildman–Crippen LogP) is 4.81. The number of amides is 3. The Balaban J connectivity index is 1.56. The van der Waals surface area contributed by atoms with E-state index in [0.29, 0.717) is 22.2 Å². The van der Waals surface area contributed by atoms with Gasteiger partial charge in [-0.2, -0.15) is 8.42 Å². The number of carbonyl (C=O) groups is 3. The van der Waals surface area contributed by atoms with Gasteiger partial charge in [-0.1, -0.05) is 17.7 Å². The van der Waals surface area contributed by atoms with Gasteiger partial charge in [0.1, 0.15) is 11.4 Å². The van der Waals surface area contributed by atoms with Crippen LogP contribution in [0.3, 0.4) is 0 Å². The van der Waals surface area contributed by atoms with Gasteiger partial charge in [0, 0.05) is 13.1 Å². The largest absolute Gasteiger partial charge is 0.490 e. The second kappa shape index (κ2) is 12.1. The SMILES string of the molecule is CCOc1cc(/C=C2\SC(=O)N(CC(=O)N3CCCCC3)C2=O)cc(I)c1OS(=O)(=O)c1ccc(C)cc1. The number of likely N-dealkylation sites (tertiary alicyclic amines) is 1. The molecule has 2 aliphatic heterocycles. The van der Waals surface area contributed by atoms with Crippen molar-refractivity contribution >= 4 is 67.6 Å². The molecule has 12 heteroatoms. The van der Waals surface area contributed by atoms with Crippen LogP contribution in [0.5, 0.6) is 11.5 Å². The molecule has 202 valence electrons. The summed E-state index contributed by atoms with van der Waals surface area (Å²) in [5.41, 5.74) is 1.43. The standard InChI is InChI=1S/C26H27IN2O7S2/c1-3-35-21-14-18(13-20(27)24(21)36-38(33,34)19-9-7-17(2)8-10-19)15-22-25(31)29(26(32)37-22)16-23(30)28-11-5-4-6-12-28/h7-10,13-15H,3-6,11-12,16H2,1-2H3/b22-15-. The van der Waals surface area contributed by atoms with Crippen molar-refractivity contribution in [3.63, 3.8) is 0 Å². The molecule has 2 aromatic rings. The number of imide groups is 1. The Morgan fingerprint density at radius 1 is 1.11 bits per heavy atom. The molecule has 0 spiro atoms. The van der Waals surface area contributed by atoms with Crippen LogP contribution in [0, 0.1) is 10.5 Å². The molecule has 0 saturated carbocycles. The fourth-order valence-electron chi connectivity index (χ4n) is 4.04. The Morgan fingerprint density at radius 2 is 1.79 bits per heavy atom. The smallest absolute Gasteiger partial charge is 0.339 e. The van der Waals surface area contributed by atoms with Crippen molar-refractivity contribution in [2.45, 2.75) is 38.0 Å². The highest BCUT2D eigenvalue weighted by Gasteiger charge is 2.37. The van der Waals surface area contributed by atoms with Crippen LogP contribution in [-0.2, 0) is 19.7 Å². The second-order valence-corrected chi connectivity index (χ2v) is 12.5. The Hall–Kier alpha value is -2.58. The quantitative estimate of drug-likeness (QED) is 0.224. The lowest BCUT2D eigenvalue weighted by molar-refractivity contribution is -0.136. The number of aryl methyl sites for hydroxylation is 1. The van der Waals surface area contributed by atoms with Crippen LogP contribution in [0.2, 0.25) is 0 Å². The lowest BCUT2D eigenvalue weighted by atomic mass is 10.1. The molecular formula is C26H27IN2O7S2. The first-order chi connectivity index (χ1) is 18.1. The zero-order valence-electron chi connectivity index (χ0n) is 20.9. The molecule has 0 bridgehead atoms. The van der Waals surface area contributed by atoms with Crippen LogP contribution in [0.1, 0.15) is 37.3 Å². The third-order valence-electron chi connectivity index (χ3n) is 6.01. The summed E-state index contributed by atoms with van der Waals surface area (Å²) in [6.45, 7) is 4.84. The van der Waals surface area contributed by atoms with Gasteiger partial charge in [-0.25, -0.2) is 0 Å². The maximum absolute atomic E-state index is 13.0. The lowest BCUT2D eigenvalue weighted by Gasteiger charge is -2.27. The van der Waals surface area contributed by atoms with Gasteiger partial charge in [-0.05, 0) is 103 Å². The summed E-state index contributed by atoms with van der Waals surface area (Å²) in [4.78, 5) is 41.0. The van der Waals surface area contributed by atoms with E-state index in [1.54, 1.807) is 36.1 Å². The van der Waals surface area contributed by atoms with Crippen LogP contribution in [0.15, 0.2) is 46.2 Å². The van der Waals surface area contributed by atoms with E-state index in [2.05, 4.69) is 0 Å². The number of hydrogen-bond donors (Lipinski definition) is 0. The maximum Gasteiger partial charge on any atom is 0.339 e. The first-order valence-corrected chi connectivity index (χ1v) is 15.4.